The van der Waals surface area contributed by atoms with Gasteiger partial charge in [-0.3, -0.25) is 4.40 Å². The maximum atomic E-state index is 5.08. The molecule has 0 radical (unpaired) electrons. The molecule has 8 rings (SSSR count). The topological polar surface area (TPSA) is 43.1 Å². The summed E-state index contributed by atoms with van der Waals surface area (Å²) in [7, 11) is 0. The van der Waals surface area contributed by atoms with E-state index in [0.29, 0.717) is 5.82 Å². The van der Waals surface area contributed by atoms with Crippen molar-refractivity contribution in [2.45, 2.75) is 0 Å². The fourth-order valence-electron chi connectivity index (χ4n) is 5.68. The molecule has 0 saturated carbocycles. The van der Waals surface area contributed by atoms with Gasteiger partial charge < -0.3 is 0 Å². The molecular weight excluding hydrogens is 524 g/mol. The lowest BCUT2D eigenvalue weighted by molar-refractivity contribution is 1.18. The molecule has 0 N–H and O–H groups in total. The van der Waals surface area contributed by atoms with E-state index in [1.54, 1.807) is 0 Å². The van der Waals surface area contributed by atoms with Crippen LogP contribution in [0.1, 0.15) is 0 Å². The van der Waals surface area contributed by atoms with Gasteiger partial charge in [0.05, 0.1) is 22.8 Å². The first-order valence-electron chi connectivity index (χ1n) is 14.4. The van der Waals surface area contributed by atoms with Gasteiger partial charge in [0.2, 0.25) is 0 Å². The summed E-state index contributed by atoms with van der Waals surface area (Å²) in [5.74, 6) is 0.691. The summed E-state index contributed by atoms with van der Waals surface area (Å²) in [6.07, 6.45) is 2.08. The first kappa shape index (κ1) is 24.9. The zero-order chi connectivity index (χ0) is 28.6. The molecule has 3 heterocycles. The number of benzene rings is 5. The second kappa shape index (κ2) is 10.5. The Bertz CT molecular complexity index is 2160. The fraction of sp³-hybridized carbons (Fsp3) is 0. The van der Waals surface area contributed by atoms with Crippen molar-refractivity contribution in [1.29, 1.82) is 0 Å². The molecule has 0 aliphatic rings. The van der Waals surface area contributed by atoms with Gasteiger partial charge in [-0.15, -0.1) is 0 Å². The smallest absolute Gasteiger partial charge is 0.160 e. The van der Waals surface area contributed by atoms with E-state index in [4.69, 9.17) is 15.0 Å². The minimum Gasteiger partial charge on any atom is -0.299 e. The standard InChI is InChI=1S/C39H26N4/c1-3-12-28(13-4-1)34-26-35(29-14-5-2-6-15-29)41-39(40-34)31-21-19-30(20-22-31)37-38(43-24-10-9-17-36(43)42-37)33-23-18-27-11-7-8-16-32(27)25-33/h1-26H. The van der Waals surface area contributed by atoms with Crippen LogP contribution in [0, 0.1) is 0 Å². The minimum absolute atomic E-state index is 0.691. The molecule has 0 aliphatic carbocycles. The Hall–Kier alpha value is -5.87. The maximum Gasteiger partial charge on any atom is 0.160 e. The van der Waals surface area contributed by atoms with E-state index < -0.39 is 0 Å². The highest BCUT2D eigenvalue weighted by atomic mass is 15.0. The summed E-state index contributed by atoms with van der Waals surface area (Å²) in [6.45, 7) is 0. The molecule has 0 unspecified atom stereocenters. The van der Waals surface area contributed by atoms with Gasteiger partial charge in [0.1, 0.15) is 5.65 Å². The van der Waals surface area contributed by atoms with Crippen LogP contribution in [0.15, 0.2) is 158 Å². The summed E-state index contributed by atoms with van der Waals surface area (Å²) in [5.41, 5.74) is 9.96. The van der Waals surface area contributed by atoms with E-state index in [0.717, 1.165) is 56.2 Å². The third-order valence-corrected chi connectivity index (χ3v) is 7.83. The van der Waals surface area contributed by atoms with Crippen LogP contribution < -0.4 is 0 Å². The van der Waals surface area contributed by atoms with Crippen LogP contribution in [-0.2, 0) is 0 Å². The lowest BCUT2D eigenvalue weighted by atomic mass is 10.0. The Balaban J connectivity index is 1.24. The molecule has 5 aromatic carbocycles. The van der Waals surface area contributed by atoms with E-state index >= 15 is 0 Å². The zero-order valence-electron chi connectivity index (χ0n) is 23.3. The highest BCUT2D eigenvalue weighted by Crippen LogP contribution is 2.35. The maximum absolute atomic E-state index is 5.08. The number of pyridine rings is 1. The average Bonchev–Trinajstić information content (AvgIpc) is 3.48. The van der Waals surface area contributed by atoms with Crippen LogP contribution in [0.5, 0.6) is 0 Å². The molecule has 0 fully saturated rings. The second-order valence-electron chi connectivity index (χ2n) is 10.6. The Morgan fingerprint density at radius 2 is 0.977 bits per heavy atom. The molecule has 0 amide bonds. The molecule has 43 heavy (non-hydrogen) atoms. The quantitative estimate of drug-likeness (QED) is 0.214. The van der Waals surface area contributed by atoms with E-state index in [1.165, 1.54) is 10.8 Å². The van der Waals surface area contributed by atoms with Gasteiger partial charge in [-0.2, -0.15) is 0 Å². The molecule has 0 bridgehead atoms. The summed E-state index contributed by atoms with van der Waals surface area (Å²) >= 11 is 0. The Morgan fingerprint density at radius 3 is 1.67 bits per heavy atom. The summed E-state index contributed by atoms with van der Waals surface area (Å²) in [6, 6.07) is 52.3. The van der Waals surface area contributed by atoms with Crippen molar-refractivity contribution in [2.24, 2.45) is 0 Å². The fourth-order valence-corrected chi connectivity index (χ4v) is 5.68. The monoisotopic (exact) mass is 550 g/mol. The van der Waals surface area contributed by atoms with Crippen molar-refractivity contribution < 1.29 is 0 Å². The first-order valence-corrected chi connectivity index (χ1v) is 14.4. The molecule has 8 aromatic rings. The van der Waals surface area contributed by atoms with Crippen LogP contribution in [0.25, 0.3) is 72.8 Å². The van der Waals surface area contributed by atoms with Crippen molar-refractivity contribution >= 4 is 16.4 Å². The van der Waals surface area contributed by atoms with Crippen molar-refractivity contribution in [1.82, 2.24) is 19.4 Å². The second-order valence-corrected chi connectivity index (χ2v) is 10.6. The van der Waals surface area contributed by atoms with Gasteiger partial charge in [-0.1, -0.05) is 127 Å². The number of aromatic nitrogens is 4. The predicted molar refractivity (Wildman–Crippen MR) is 175 cm³/mol. The number of fused-ring (bicyclic) bond motifs is 2. The number of nitrogens with zero attached hydrogens (tertiary/aromatic N) is 4. The summed E-state index contributed by atoms with van der Waals surface area (Å²) in [4.78, 5) is 15.1. The molecule has 0 saturated heterocycles. The summed E-state index contributed by atoms with van der Waals surface area (Å²) in [5, 5.41) is 2.43. The van der Waals surface area contributed by atoms with Gasteiger partial charge in [-0.05, 0) is 35.0 Å². The Labute approximate surface area is 249 Å². The van der Waals surface area contributed by atoms with Crippen LogP contribution >= 0.6 is 0 Å². The first-order chi connectivity index (χ1) is 21.3. The van der Waals surface area contributed by atoms with E-state index in [1.807, 2.05) is 48.5 Å². The van der Waals surface area contributed by atoms with Gasteiger partial charge in [0.25, 0.3) is 0 Å². The number of hydrogen-bond donors (Lipinski definition) is 0. The number of hydrogen-bond acceptors (Lipinski definition) is 3. The zero-order valence-corrected chi connectivity index (χ0v) is 23.3. The van der Waals surface area contributed by atoms with Gasteiger partial charge in [-0.25, -0.2) is 15.0 Å². The van der Waals surface area contributed by atoms with Gasteiger partial charge >= 0.3 is 0 Å². The van der Waals surface area contributed by atoms with Crippen LogP contribution in [-0.4, -0.2) is 19.4 Å². The largest absolute Gasteiger partial charge is 0.299 e. The third-order valence-electron chi connectivity index (χ3n) is 7.83. The number of rotatable bonds is 5. The Kier molecular flexibility index (Phi) is 6.08. The highest BCUT2D eigenvalue weighted by molar-refractivity contribution is 5.90. The van der Waals surface area contributed by atoms with Gasteiger partial charge in [0, 0.05) is 34.0 Å². The highest BCUT2D eigenvalue weighted by Gasteiger charge is 2.17. The van der Waals surface area contributed by atoms with Crippen molar-refractivity contribution in [3.8, 4) is 56.4 Å². The molecule has 0 spiro atoms. The number of imidazole rings is 1. The molecule has 3 aromatic heterocycles. The van der Waals surface area contributed by atoms with E-state index in [-0.39, 0.29) is 0 Å². The molecule has 4 heteroatoms. The van der Waals surface area contributed by atoms with Crippen molar-refractivity contribution in [3.05, 3.63) is 158 Å². The lowest BCUT2D eigenvalue weighted by Crippen LogP contribution is -1.96. The molecule has 0 aliphatic heterocycles. The van der Waals surface area contributed by atoms with Crippen molar-refractivity contribution in [2.75, 3.05) is 0 Å². The van der Waals surface area contributed by atoms with E-state index in [9.17, 15) is 0 Å². The minimum atomic E-state index is 0.691. The SMILES string of the molecule is c1ccc(-c2cc(-c3ccccc3)nc(-c3ccc(-c4nc5ccccn5c4-c4ccc5ccccc5c4)cc3)n2)cc1. The van der Waals surface area contributed by atoms with Crippen LogP contribution in [0.3, 0.4) is 0 Å². The molecule has 4 nitrogen and oxygen atoms in total. The average molecular weight is 551 g/mol. The predicted octanol–water partition coefficient (Wildman–Crippen LogP) is 9.61. The van der Waals surface area contributed by atoms with Crippen molar-refractivity contribution in [3.63, 3.8) is 0 Å². The van der Waals surface area contributed by atoms with Crippen LogP contribution in [0.2, 0.25) is 0 Å². The third kappa shape index (κ3) is 4.65. The van der Waals surface area contributed by atoms with E-state index in [2.05, 4.69) is 114 Å². The normalized spacial score (nSPS) is 11.3. The molecule has 0 atom stereocenters. The lowest BCUT2D eigenvalue weighted by Gasteiger charge is -2.10. The Morgan fingerprint density at radius 1 is 0.395 bits per heavy atom. The summed E-state index contributed by atoms with van der Waals surface area (Å²) < 4.78 is 2.17. The molecule has 202 valence electrons. The molecular formula is C39H26N4. The van der Waals surface area contributed by atoms with Crippen LogP contribution in [0.4, 0.5) is 0 Å². The van der Waals surface area contributed by atoms with Gasteiger partial charge in [0.15, 0.2) is 5.82 Å².